The number of likely N-dealkylation sites (tertiary alicyclic amines) is 1. The van der Waals surface area contributed by atoms with Crippen LogP contribution in [0.1, 0.15) is 50.5 Å². The summed E-state index contributed by atoms with van der Waals surface area (Å²) in [4.78, 5) is 53.7. The van der Waals surface area contributed by atoms with Crippen molar-refractivity contribution in [1.29, 1.82) is 0 Å². The summed E-state index contributed by atoms with van der Waals surface area (Å²) in [7, 11) is 0. The van der Waals surface area contributed by atoms with E-state index < -0.39 is 29.7 Å². The van der Waals surface area contributed by atoms with Crippen molar-refractivity contribution in [2.24, 2.45) is 0 Å². The molecule has 37 heavy (non-hydrogen) atoms. The number of nitrogens with zero attached hydrogens (tertiary/aromatic N) is 1. The number of Topliss-reactive ketones (excluding diaryl/α,β-unsaturated/α-hetero) is 1. The normalized spacial score (nSPS) is 18.6. The molecule has 0 radical (unpaired) electrons. The van der Waals surface area contributed by atoms with Gasteiger partial charge in [-0.3, -0.25) is 19.2 Å². The van der Waals surface area contributed by atoms with Gasteiger partial charge in [0.15, 0.2) is 6.61 Å². The minimum absolute atomic E-state index is 0.0190. The standard InChI is InChI=1S/C29H35N3O5/c33-26(20-37-23-15-8-3-9-16-23)31-24(19-21-11-4-1-5-12-21)29(36)32-18-10-17-25(32)27(34)28(35)30-22-13-6-2-7-14-22/h1,3-5,8-9,11-12,15-16,22,24-25H,2,6-7,10,13-14,17-20H2,(H,30,35)(H,31,33)/t24-,25-/m0/s1. The van der Waals surface area contributed by atoms with Crippen molar-refractivity contribution < 1.29 is 23.9 Å². The van der Waals surface area contributed by atoms with E-state index in [1.54, 1.807) is 12.1 Å². The summed E-state index contributed by atoms with van der Waals surface area (Å²) in [6, 6.07) is 16.7. The van der Waals surface area contributed by atoms with Crippen molar-refractivity contribution >= 4 is 23.5 Å². The number of rotatable bonds is 10. The van der Waals surface area contributed by atoms with Crippen molar-refractivity contribution in [3.8, 4) is 5.75 Å². The topological polar surface area (TPSA) is 105 Å². The summed E-state index contributed by atoms with van der Waals surface area (Å²) >= 11 is 0. The van der Waals surface area contributed by atoms with Crippen molar-refractivity contribution in [1.82, 2.24) is 15.5 Å². The van der Waals surface area contributed by atoms with Crippen LogP contribution in [0.25, 0.3) is 0 Å². The molecule has 0 aromatic heterocycles. The van der Waals surface area contributed by atoms with Crippen LogP contribution in [-0.2, 0) is 25.6 Å². The highest BCUT2D eigenvalue weighted by molar-refractivity contribution is 6.38. The van der Waals surface area contributed by atoms with Crippen LogP contribution in [0.4, 0.5) is 0 Å². The molecule has 2 N–H and O–H groups in total. The van der Waals surface area contributed by atoms with Gasteiger partial charge in [-0.1, -0.05) is 67.8 Å². The number of nitrogens with one attached hydrogen (secondary N) is 2. The molecule has 2 aromatic rings. The number of carbonyl (C=O) groups is 4. The molecular formula is C29H35N3O5. The summed E-state index contributed by atoms with van der Waals surface area (Å²) in [5, 5.41) is 5.68. The number of carbonyl (C=O) groups excluding carboxylic acids is 4. The van der Waals surface area contributed by atoms with Gasteiger partial charge in [0.1, 0.15) is 17.8 Å². The fourth-order valence-electron chi connectivity index (χ4n) is 5.11. The van der Waals surface area contributed by atoms with E-state index in [1.807, 2.05) is 48.5 Å². The second-order valence-corrected chi connectivity index (χ2v) is 9.77. The molecule has 3 amide bonds. The maximum absolute atomic E-state index is 13.7. The molecule has 0 unspecified atom stereocenters. The number of ketones is 1. The number of para-hydroxylation sites is 1. The Labute approximate surface area is 217 Å². The van der Waals surface area contributed by atoms with Gasteiger partial charge < -0.3 is 20.3 Å². The van der Waals surface area contributed by atoms with Gasteiger partial charge in [-0.2, -0.15) is 0 Å². The fourth-order valence-corrected chi connectivity index (χ4v) is 5.11. The van der Waals surface area contributed by atoms with Crippen molar-refractivity contribution in [2.75, 3.05) is 13.2 Å². The lowest BCUT2D eigenvalue weighted by Gasteiger charge is -2.29. The molecule has 0 spiro atoms. The Kier molecular flexibility index (Phi) is 9.29. The van der Waals surface area contributed by atoms with Gasteiger partial charge in [-0.05, 0) is 43.4 Å². The van der Waals surface area contributed by atoms with Crippen LogP contribution < -0.4 is 15.4 Å². The molecule has 2 fully saturated rings. The zero-order valence-electron chi connectivity index (χ0n) is 21.1. The first-order chi connectivity index (χ1) is 18.0. The number of amides is 3. The Balaban J connectivity index is 1.42. The number of benzene rings is 2. The predicted octanol–water partition coefficient (Wildman–Crippen LogP) is 2.80. The quantitative estimate of drug-likeness (QED) is 0.483. The van der Waals surface area contributed by atoms with Crippen LogP contribution in [0.5, 0.6) is 5.75 Å². The molecule has 1 aliphatic heterocycles. The molecular weight excluding hydrogens is 470 g/mol. The molecule has 8 heteroatoms. The highest BCUT2D eigenvalue weighted by Gasteiger charge is 2.40. The highest BCUT2D eigenvalue weighted by Crippen LogP contribution is 2.22. The zero-order valence-corrected chi connectivity index (χ0v) is 21.1. The van der Waals surface area contributed by atoms with Crippen LogP contribution in [0, 0.1) is 0 Å². The molecule has 8 nitrogen and oxygen atoms in total. The Morgan fingerprint density at radius 1 is 0.865 bits per heavy atom. The smallest absolute Gasteiger partial charge is 0.289 e. The van der Waals surface area contributed by atoms with Crippen LogP contribution >= 0.6 is 0 Å². The third-order valence-corrected chi connectivity index (χ3v) is 7.03. The Morgan fingerprint density at radius 2 is 1.54 bits per heavy atom. The first kappa shape index (κ1) is 26.4. The van der Waals surface area contributed by atoms with Crippen LogP contribution in [0.2, 0.25) is 0 Å². The predicted molar refractivity (Wildman–Crippen MR) is 139 cm³/mol. The van der Waals surface area contributed by atoms with E-state index in [1.165, 1.54) is 4.90 Å². The summed E-state index contributed by atoms with van der Waals surface area (Å²) in [5.74, 6) is -1.43. The Morgan fingerprint density at radius 3 is 2.24 bits per heavy atom. The van der Waals surface area contributed by atoms with E-state index in [-0.39, 0.29) is 25.0 Å². The van der Waals surface area contributed by atoms with E-state index in [0.717, 1.165) is 37.7 Å². The lowest BCUT2D eigenvalue weighted by Crippen LogP contribution is -2.55. The van der Waals surface area contributed by atoms with Gasteiger partial charge in [-0.25, -0.2) is 0 Å². The number of hydrogen-bond acceptors (Lipinski definition) is 5. The lowest BCUT2D eigenvalue weighted by atomic mass is 9.95. The second-order valence-electron chi connectivity index (χ2n) is 9.77. The van der Waals surface area contributed by atoms with Crippen molar-refractivity contribution in [2.45, 2.75) is 69.5 Å². The van der Waals surface area contributed by atoms with Crippen molar-refractivity contribution in [3.05, 3.63) is 66.2 Å². The maximum atomic E-state index is 13.7. The van der Waals surface area contributed by atoms with Crippen molar-refractivity contribution in [3.63, 3.8) is 0 Å². The summed E-state index contributed by atoms with van der Waals surface area (Å²) in [6.07, 6.45) is 6.32. The van der Waals surface area contributed by atoms with Gasteiger partial charge in [0.25, 0.3) is 11.8 Å². The van der Waals surface area contributed by atoms with E-state index in [0.29, 0.717) is 25.1 Å². The van der Waals surface area contributed by atoms with E-state index >= 15 is 0 Å². The highest BCUT2D eigenvalue weighted by atomic mass is 16.5. The average molecular weight is 506 g/mol. The largest absolute Gasteiger partial charge is 0.484 e. The van der Waals surface area contributed by atoms with Gasteiger partial charge in [0.05, 0.1) is 0 Å². The number of hydrogen-bond donors (Lipinski definition) is 2. The SMILES string of the molecule is O=C(COc1ccccc1)N[C@@H](Cc1ccccc1)C(=O)N1CCC[C@H]1C(=O)C(=O)NC1CCCCC1. The van der Waals surface area contributed by atoms with Crippen LogP contribution in [0.15, 0.2) is 60.7 Å². The lowest BCUT2D eigenvalue weighted by molar-refractivity contribution is -0.146. The first-order valence-corrected chi connectivity index (χ1v) is 13.2. The molecule has 1 aliphatic carbocycles. The molecule has 1 saturated carbocycles. The van der Waals surface area contributed by atoms with Gasteiger partial charge in [-0.15, -0.1) is 0 Å². The van der Waals surface area contributed by atoms with E-state index in [9.17, 15) is 19.2 Å². The zero-order chi connectivity index (χ0) is 26.0. The Hall–Kier alpha value is -3.68. The van der Waals surface area contributed by atoms with Gasteiger partial charge >= 0.3 is 0 Å². The maximum Gasteiger partial charge on any atom is 0.289 e. The van der Waals surface area contributed by atoms with Gasteiger partial charge in [0.2, 0.25) is 11.7 Å². The molecule has 4 rings (SSSR count). The minimum atomic E-state index is -0.885. The van der Waals surface area contributed by atoms with E-state index in [2.05, 4.69) is 10.6 Å². The summed E-state index contributed by atoms with van der Waals surface area (Å²) in [6.45, 7) is 0.127. The minimum Gasteiger partial charge on any atom is -0.484 e. The number of ether oxygens (including phenoxy) is 1. The second kappa shape index (κ2) is 13.0. The summed E-state index contributed by atoms with van der Waals surface area (Å²) < 4.78 is 5.54. The molecule has 196 valence electrons. The third kappa shape index (κ3) is 7.41. The monoisotopic (exact) mass is 505 g/mol. The van der Waals surface area contributed by atoms with Gasteiger partial charge in [0, 0.05) is 19.0 Å². The summed E-state index contributed by atoms with van der Waals surface area (Å²) in [5.41, 5.74) is 0.877. The van der Waals surface area contributed by atoms with Crippen LogP contribution in [0.3, 0.4) is 0 Å². The van der Waals surface area contributed by atoms with Crippen LogP contribution in [-0.4, -0.2) is 59.7 Å². The first-order valence-electron chi connectivity index (χ1n) is 13.2. The third-order valence-electron chi connectivity index (χ3n) is 7.03. The molecule has 1 heterocycles. The van der Waals surface area contributed by atoms with E-state index in [4.69, 9.17) is 4.74 Å². The molecule has 0 bridgehead atoms. The average Bonchev–Trinajstić information content (AvgIpc) is 3.42. The molecule has 2 aliphatic rings. The molecule has 2 atom stereocenters. The fraction of sp³-hybridized carbons (Fsp3) is 0.448. The molecule has 1 saturated heterocycles. The Bertz CT molecular complexity index is 1070. The molecule has 2 aromatic carbocycles.